The number of carbonyl (C=O) groups excluding carboxylic acids is 1. The minimum absolute atomic E-state index is 0.177. The molecule has 0 aliphatic heterocycles. The molecule has 0 fully saturated rings. The molecule has 2 aromatic rings. The summed E-state index contributed by atoms with van der Waals surface area (Å²) in [6, 6.07) is 7.01. The Morgan fingerprint density at radius 2 is 1.82 bits per heavy atom. The topological polar surface area (TPSA) is 39.2 Å². The number of benzene rings is 1. The van der Waals surface area contributed by atoms with Crippen LogP contribution in [-0.2, 0) is 24.1 Å². The fraction of sp³-hybridized carbons (Fsp3) is 0.486. The van der Waals surface area contributed by atoms with E-state index in [1.807, 2.05) is 32.3 Å². The molecule has 206 valence electrons. The summed E-state index contributed by atoms with van der Waals surface area (Å²) in [5.74, 6) is 2.20. The molecule has 1 aromatic carbocycles. The molecule has 0 saturated heterocycles. The number of carbonyl (C=O) groups is 1. The average Bonchev–Trinajstić information content (AvgIpc) is 3.05. The number of aryl methyl sites for hydroxylation is 4. The lowest BCUT2D eigenvalue weighted by molar-refractivity contribution is -0.116. The first-order valence-electron chi connectivity index (χ1n) is 14.4. The number of pyridine rings is 1. The summed E-state index contributed by atoms with van der Waals surface area (Å²) in [5, 5.41) is 0. The van der Waals surface area contributed by atoms with E-state index in [1.165, 1.54) is 59.2 Å². The van der Waals surface area contributed by atoms with Crippen LogP contribution < -0.4 is 4.74 Å². The van der Waals surface area contributed by atoms with E-state index in [9.17, 15) is 4.79 Å². The zero-order valence-electron chi connectivity index (χ0n) is 24.9. The maximum Gasteiger partial charge on any atom is 0.134 e. The summed E-state index contributed by atoms with van der Waals surface area (Å²) in [6.07, 6.45) is 18.1. The highest BCUT2D eigenvalue weighted by Gasteiger charge is 2.33. The second kappa shape index (κ2) is 16.1. The van der Waals surface area contributed by atoms with E-state index in [1.54, 1.807) is 13.0 Å². The van der Waals surface area contributed by atoms with Crippen LogP contribution in [0.5, 0.6) is 5.75 Å². The smallest absolute Gasteiger partial charge is 0.134 e. The second-order valence-corrected chi connectivity index (χ2v) is 10.5. The van der Waals surface area contributed by atoms with Crippen molar-refractivity contribution >= 4 is 5.78 Å². The Labute approximate surface area is 232 Å². The number of methoxy groups -OCH3 is 1. The van der Waals surface area contributed by atoms with Gasteiger partial charge in [0.1, 0.15) is 11.5 Å². The van der Waals surface area contributed by atoms with E-state index in [4.69, 9.17) is 9.72 Å². The van der Waals surface area contributed by atoms with Crippen molar-refractivity contribution in [2.75, 3.05) is 7.11 Å². The number of aromatic nitrogens is 1. The van der Waals surface area contributed by atoms with Crippen LogP contribution in [0, 0.1) is 12.8 Å². The van der Waals surface area contributed by atoms with Gasteiger partial charge >= 0.3 is 0 Å². The molecule has 0 radical (unpaired) electrons. The SMILES string of the molecule is C=C/C=C(\C=C/C)CC(C)=O.CCCC(CCC)C1c2ncc(CC)cc2CCc2cc(C)cc(OC)c21. The number of ketones is 1. The summed E-state index contributed by atoms with van der Waals surface area (Å²) in [4.78, 5) is 15.8. The van der Waals surface area contributed by atoms with Crippen molar-refractivity contribution in [2.24, 2.45) is 5.92 Å². The molecule has 1 aromatic heterocycles. The van der Waals surface area contributed by atoms with E-state index < -0.39 is 0 Å². The number of Topliss-reactive ketones (excluding diaryl/α,β-unsaturated/α-hetero) is 1. The Morgan fingerprint density at radius 3 is 2.37 bits per heavy atom. The zero-order chi connectivity index (χ0) is 28.1. The third kappa shape index (κ3) is 8.55. The largest absolute Gasteiger partial charge is 0.496 e. The minimum Gasteiger partial charge on any atom is -0.496 e. The van der Waals surface area contributed by atoms with Gasteiger partial charge in [0, 0.05) is 24.1 Å². The van der Waals surface area contributed by atoms with Gasteiger partial charge in [0.25, 0.3) is 0 Å². The first-order valence-corrected chi connectivity index (χ1v) is 14.4. The van der Waals surface area contributed by atoms with Gasteiger partial charge in [-0.05, 0) is 92.7 Å². The lowest BCUT2D eigenvalue weighted by Gasteiger charge is -2.30. The molecular formula is C35H49NO2. The van der Waals surface area contributed by atoms with Crippen LogP contribution in [0.15, 0.2) is 60.9 Å². The van der Waals surface area contributed by atoms with E-state index in [-0.39, 0.29) is 5.78 Å². The van der Waals surface area contributed by atoms with Crippen molar-refractivity contribution in [3.05, 3.63) is 94.4 Å². The number of ether oxygens (including phenoxy) is 1. The summed E-state index contributed by atoms with van der Waals surface area (Å²) < 4.78 is 5.92. The van der Waals surface area contributed by atoms with Crippen LogP contribution in [0.25, 0.3) is 0 Å². The maximum absolute atomic E-state index is 10.7. The molecule has 1 unspecified atom stereocenters. The van der Waals surface area contributed by atoms with Crippen molar-refractivity contribution in [3.63, 3.8) is 0 Å². The number of fused-ring (bicyclic) bond motifs is 2. The molecule has 0 bridgehead atoms. The van der Waals surface area contributed by atoms with Gasteiger partial charge in [0.15, 0.2) is 0 Å². The second-order valence-electron chi connectivity index (χ2n) is 10.5. The molecule has 3 heteroatoms. The molecule has 0 N–H and O–H groups in total. The average molecular weight is 516 g/mol. The molecule has 0 saturated carbocycles. The van der Waals surface area contributed by atoms with Crippen molar-refractivity contribution < 1.29 is 9.53 Å². The maximum atomic E-state index is 10.7. The predicted octanol–water partition coefficient (Wildman–Crippen LogP) is 9.06. The zero-order valence-corrected chi connectivity index (χ0v) is 24.9. The fourth-order valence-corrected chi connectivity index (χ4v) is 5.72. The van der Waals surface area contributed by atoms with Crippen LogP contribution in [-0.4, -0.2) is 17.9 Å². The van der Waals surface area contributed by atoms with Gasteiger partial charge in [-0.1, -0.05) is 76.6 Å². The molecule has 1 aliphatic rings. The number of allylic oxidation sites excluding steroid dienone is 5. The molecule has 1 aliphatic carbocycles. The number of nitrogens with zero attached hydrogens (tertiary/aromatic N) is 1. The van der Waals surface area contributed by atoms with Crippen molar-refractivity contribution in [1.29, 1.82) is 0 Å². The summed E-state index contributed by atoms with van der Waals surface area (Å²) >= 11 is 0. The van der Waals surface area contributed by atoms with Crippen molar-refractivity contribution in [2.45, 2.75) is 98.8 Å². The Kier molecular flexibility index (Phi) is 13.3. The molecule has 0 spiro atoms. The lowest BCUT2D eigenvalue weighted by atomic mass is 9.76. The predicted molar refractivity (Wildman–Crippen MR) is 162 cm³/mol. The van der Waals surface area contributed by atoms with Crippen LogP contribution in [0.1, 0.15) is 106 Å². The van der Waals surface area contributed by atoms with Gasteiger partial charge in [0.05, 0.1) is 12.8 Å². The Morgan fingerprint density at radius 1 is 1.13 bits per heavy atom. The Hall–Kier alpha value is -2.94. The molecular weight excluding hydrogens is 466 g/mol. The lowest BCUT2D eigenvalue weighted by Crippen LogP contribution is -2.18. The third-order valence-corrected chi connectivity index (χ3v) is 7.28. The highest BCUT2D eigenvalue weighted by atomic mass is 16.5. The fourth-order valence-electron chi connectivity index (χ4n) is 5.72. The first-order chi connectivity index (χ1) is 18.3. The van der Waals surface area contributed by atoms with Gasteiger partial charge < -0.3 is 4.74 Å². The molecule has 1 heterocycles. The molecule has 1 atom stereocenters. The number of rotatable bonds is 11. The van der Waals surface area contributed by atoms with Crippen molar-refractivity contribution in [3.8, 4) is 5.75 Å². The van der Waals surface area contributed by atoms with E-state index in [0.29, 0.717) is 18.3 Å². The van der Waals surface area contributed by atoms with E-state index >= 15 is 0 Å². The van der Waals surface area contributed by atoms with Gasteiger partial charge in [-0.3, -0.25) is 9.78 Å². The Balaban J connectivity index is 0.000000391. The standard InChI is InChI=1S/C25H35NO.C10H14O/c1-6-9-19(10-7-2)24-23-20(13-17(4)14-22(23)27-5)11-12-21-15-18(8-3)16-26-25(21)24;1-4-6-10(7-5-2)8-9(3)11/h13-16,19,24H,6-12H2,1-5H3;4-7H,1,8H2,2-3H3/b;7-5-,10-6+. The molecule has 0 amide bonds. The molecule has 3 nitrogen and oxygen atoms in total. The summed E-state index contributed by atoms with van der Waals surface area (Å²) in [6.45, 7) is 16.1. The minimum atomic E-state index is 0.177. The quantitative estimate of drug-likeness (QED) is 0.280. The first kappa shape index (κ1) is 31.3. The van der Waals surface area contributed by atoms with Gasteiger partial charge in [-0.25, -0.2) is 0 Å². The summed E-state index contributed by atoms with van der Waals surface area (Å²) in [7, 11) is 1.82. The third-order valence-electron chi connectivity index (χ3n) is 7.28. The van der Waals surface area contributed by atoms with Crippen molar-refractivity contribution in [1.82, 2.24) is 4.98 Å². The van der Waals surface area contributed by atoms with Crippen LogP contribution >= 0.6 is 0 Å². The number of hydrogen-bond donors (Lipinski definition) is 0. The van der Waals surface area contributed by atoms with Crippen LogP contribution in [0.2, 0.25) is 0 Å². The van der Waals surface area contributed by atoms with Gasteiger partial charge in [0.2, 0.25) is 0 Å². The monoisotopic (exact) mass is 515 g/mol. The van der Waals surface area contributed by atoms with E-state index in [2.05, 4.69) is 58.7 Å². The molecule has 3 rings (SSSR count). The Bertz CT molecular complexity index is 1120. The number of hydrogen-bond acceptors (Lipinski definition) is 3. The van der Waals surface area contributed by atoms with Crippen LogP contribution in [0.4, 0.5) is 0 Å². The highest BCUT2D eigenvalue weighted by Crippen LogP contribution is 2.46. The van der Waals surface area contributed by atoms with E-state index in [0.717, 1.165) is 30.6 Å². The van der Waals surface area contributed by atoms with Gasteiger partial charge in [-0.15, -0.1) is 0 Å². The summed E-state index contributed by atoms with van der Waals surface area (Å²) in [5.41, 5.74) is 9.28. The normalized spacial score (nSPS) is 14.8. The molecule has 38 heavy (non-hydrogen) atoms. The van der Waals surface area contributed by atoms with Crippen LogP contribution in [0.3, 0.4) is 0 Å². The highest BCUT2D eigenvalue weighted by molar-refractivity contribution is 5.78. The van der Waals surface area contributed by atoms with Gasteiger partial charge in [-0.2, -0.15) is 0 Å².